The number of aromatic carboxylic acids is 1. The quantitative estimate of drug-likeness (QED) is 0.263. The van der Waals surface area contributed by atoms with E-state index in [9.17, 15) is 19.5 Å². The Morgan fingerprint density at radius 3 is 2.36 bits per heavy atom. The number of ether oxygens (including phenoxy) is 1. The van der Waals surface area contributed by atoms with Crippen LogP contribution in [0.1, 0.15) is 47.9 Å². The largest absolute Gasteiger partial charge is 0.478 e. The first-order valence-corrected chi connectivity index (χ1v) is 14.4. The van der Waals surface area contributed by atoms with Crippen LogP contribution in [0.5, 0.6) is 0 Å². The van der Waals surface area contributed by atoms with Gasteiger partial charge in [0.1, 0.15) is 23.1 Å². The summed E-state index contributed by atoms with van der Waals surface area (Å²) in [7, 11) is 0. The molecule has 2 saturated heterocycles. The number of carboxylic acid groups (broad SMARTS) is 1. The molecule has 0 radical (unpaired) electrons. The van der Waals surface area contributed by atoms with Gasteiger partial charge in [-0.05, 0) is 69.7 Å². The first-order chi connectivity index (χ1) is 21.5. The van der Waals surface area contributed by atoms with Gasteiger partial charge in [-0.3, -0.25) is 9.78 Å². The van der Waals surface area contributed by atoms with Crippen molar-refractivity contribution in [2.45, 2.75) is 44.9 Å². The second kappa shape index (κ2) is 11.8. The van der Waals surface area contributed by atoms with E-state index in [-0.39, 0.29) is 23.7 Å². The van der Waals surface area contributed by atoms with Crippen molar-refractivity contribution in [2.75, 3.05) is 28.6 Å². The van der Waals surface area contributed by atoms with Gasteiger partial charge < -0.3 is 30.3 Å². The molecule has 3 N–H and O–H groups in total. The number of carbonyl (C=O) groups is 3. The lowest BCUT2D eigenvalue weighted by molar-refractivity contribution is 0.0214. The van der Waals surface area contributed by atoms with Gasteiger partial charge in [0.2, 0.25) is 0 Å². The number of carboxylic acids is 1. The van der Waals surface area contributed by atoms with Gasteiger partial charge in [0.05, 0.1) is 29.5 Å². The average Bonchev–Trinajstić information content (AvgIpc) is 3.63. The van der Waals surface area contributed by atoms with Crippen molar-refractivity contribution in [1.29, 1.82) is 0 Å². The highest BCUT2D eigenvalue weighted by atomic mass is 16.6. The molecule has 13 nitrogen and oxygen atoms in total. The van der Waals surface area contributed by atoms with Crippen LogP contribution in [-0.4, -0.2) is 78.7 Å². The van der Waals surface area contributed by atoms with Gasteiger partial charge in [0.15, 0.2) is 0 Å². The minimum absolute atomic E-state index is 0.0410. The second-order valence-corrected chi connectivity index (χ2v) is 11.9. The molecular weight excluding hydrogens is 576 g/mol. The Bertz CT molecular complexity index is 1740. The van der Waals surface area contributed by atoms with Gasteiger partial charge in [-0.25, -0.2) is 24.5 Å². The van der Waals surface area contributed by atoms with Crippen molar-refractivity contribution in [3.63, 3.8) is 0 Å². The van der Waals surface area contributed by atoms with Crippen molar-refractivity contribution >= 4 is 41.1 Å². The maximum atomic E-state index is 13.1. The van der Waals surface area contributed by atoms with E-state index in [0.29, 0.717) is 41.7 Å². The summed E-state index contributed by atoms with van der Waals surface area (Å²) in [5, 5.41) is 15.2. The zero-order chi connectivity index (χ0) is 31.7. The van der Waals surface area contributed by atoms with Crippen LogP contribution >= 0.6 is 0 Å². The number of nitrogens with zero attached hydrogens (tertiary/aromatic N) is 6. The van der Waals surface area contributed by atoms with E-state index in [1.165, 1.54) is 24.3 Å². The number of carbonyl (C=O) groups excluding carboxylic acids is 2. The fourth-order valence-corrected chi connectivity index (χ4v) is 5.50. The third-order valence-electron chi connectivity index (χ3n) is 7.50. The van der Waals surface area contributed by atoms with Crippen molar-refractivity contribution in [1.82, 2.24) is 24.8 Å². The van der Waals surface area contributed by atoms with Crippen molar-refractivity contribution < 1.29 is 24.2 Å². The van der Waals surface area contributed by atoms with Gasteiger partial charge in [-0.1, -0.05) is 0 Å². The predicted molar refractivity (Wildman–Crippen MR) is 167 cm³/mol. The zero-order valence-corrected chi connectivity index (χ0v) is 25.0. The molecule has 2 amide bonds. The summed E-state index contributed by atoms with van der Waals surface area (Å²) in [6.07, 6.45) is 6.94. The summed E-state index contributed by atoms with van der Waals surface area (Å²) in [5.74, 6) is 0.187. The standard InChI is InChI=1S/C32H32N8O5/c1-32(2,3)45-31(44)40-18-23-15-24(40)17-39(23)28-12-21(8-9-35-28)25-13-22(14-26(37-25)38-27-16-33-10-11-34-27)36-29(41)19-4-6-20(7-5-19)30(42)43/h4-14,16,23-24H,15,17-18H2,1-3H3,(H,42,43)(H2,34,36,37,38,41). The first-order valence-electron chi connectivity index (χ1n) is 14.4. The molecule has 0 aliphatic carbocycles. The molecule has 3 aromatic heterocycles. The van der Waals surface area contributed by atoms with Crippen molar-refractivity contribution in [3.8, 4) is 11.3 Å². The highest BCUT2D eigenvalue weighted by molar-refractivity contribution is 6.05. The molecule has 2 unspecified atom stereocenters. The molecule has 0 spiro atoms. The average molecular weight is 609 g/mol. The van der Waals surface area contributed by atoms with Crippen LogP contribution in [0.3, 0.4) is 0 Å². The van der Waals surface area contributed by atoms with Gasteiger partial charge in [-0.2, -0.15) is 0 Å². The maximum Gasteiger partial charge on any atom is 0.410 e. The van der Waals surface area contributed by atoms with E-state index in [1.54, 1.807) is 36.9 Å². The van der Waals surface area contributed by atoms with Crippen LogP contribution in [0.4, 0.5) is 27.9 Å². The van der Waals surface area contributed by atoms with E-state index >= 15 is 0 Å². The topological polar surface area (TPSA) is 163 Å². The Kier molecular flexibility index (Phi) is 7.75. The van der Waals surface area contributed by atoms with E-state index in [0.717, 1.165) is 17.8 Å². The van der Waals surface area contributed by atoms with Crippen molar-refractivity contribution in [2.24, 2.45) is 0 Å². The number of fused-ring (bicyclic) bond motifs is 2. The van der Waals surface area contributed by atoms with Gasteiger partial charge in [0.25, 0.3) is 5.91 Å². The fraction of sp³-hybridized carbons (Fsp3) is 0.281. The van der Waals surface area contributed by atoms with Gasteiger partial charge >= 0.3 is 12.1 Å². The highest BCUT2D eigenvalue weighted by Gasteiger charge is 2.47. The van der Waals surface area contributed by atoms with Crippen LogP contribution in [0.2, 0.25) is 0 Å². The minimum Gasteiger partial charge on any atom is -0.478 e. The van der Waals surface area contributed by atoms with Crippen LogP contribution in [0.15, 0.2) is 73.3 Å². The van der Waals surface area contributed by atoms with E-state index in [1.807, 2.05) is 37.8 Å². The van der Waals surface area contributed by atoms with Crippen molar-refractivity contribution in [3.05, 3.63) is 84.4 Å². The lowest BCUT2D eigenvalue weighted by atomic mass is 10.1. The maximum absolute atomic E-state index is 13.1. The Morgan fingerprint density at radius 2 is 1.69 bits per heavy atom. The molecule has 45 heavy (non-hydrogen) atoms. The number of piperazine rings is 1. The molecule has 2 atom stereocenters. The number of rotatable bonds is 7. The number of anilines is 4. The molecule has 2 aliphatic heterocycles. The summed E-state index contributed by atoms with van der Waals surface area (Å²) in [5.41, 5.74) is 1.65. The zero-order valence-electron chi connectivity index (χ0n) is 25.0. The minimum atomic E-state index is -1.07. The molecule has 2 aliphatic rings. The number of benzene rings is 1. The van der Waals surface area contributed by atoms with Crippen LogP contribution in [-0.2, 0) is 4.74 Å². The van der Waals surface area contributed by atoms with Gasteiger partial charge in [-0.15, -0.1) is 0 Å². The SMILES string of the molecule is CC(C)(C)OC(=O)N1CC2CC1CN2c1cc(-c2cc(NC(=O)c3ccc(C(=O)O)cc3)cc(Nc3cnccn3)n2)ccn1. The molecule has 6 rings (SSSR count). The summed E-state index contributed by atoms with van der Waals surface area (Å²) in [4.78, 5) is 58.8. The predicted octanol–water partition coefficient (Wildman–Crippen LogP) is 4.83. The molecule has 4 aromatic rings. The summed E-state index contributed by atoms with van der Waals surface area (Å²) < 4.78 is 5.60. The monoisotopic (exact) mass is 608 g/mol. The number of pyridine rings is 2. The number of hydrogen-bond acceptors (Lipinski definition) is 10. The summed E-state index contributed by atoms with van der Waals surface area (Å²) >= 11 is 0. The Morgan fingerprint density at radius 1 is 0.911 bits per heavy atom. The molecule has 0 saturated carbocycles. The summed E-state index contributed by atoms with van der Waals surface area (Å²) in [6, 6.07) is 13.1. The molecule has 2 bridgehead atoms. The first kappa shape index (κ1) is 29.5. The molecule has 5 heterocycles. The number of likely N-dealkylation sites (tertiary alicyclic amines) is 1. The van der Waals surface area contributed by atoms with E-state index in [4.69, 9.17) is 9.72 Å². The van der Waals surface area contributed by atoms with Gasteiger partial charge in [0, 0.05) is 54.6 Å². The number of nitrogens with one attached hydrogen (secondary N) is 2. The van der Waals surface area contributed by atoms with Crippen LogP contribution < -0.4 is 15.5 Å². The number of aromatic nitrogens is 4. The van der Waals surface area contributed by atoms with Crippen LogP contribution in [0.25, 0.3) is 11.3 Å². The third-order valence-corrected chi connectivity index (χ3v) is 7.50. The molecule has 1 aromatic carbocycles. The normalized spacial score (nSPS) is 17.2. The Hall–Kier alpha value is -5.59. The molecule has 13 heteroatoms. The molecule has 230 valence electrons. The van der Waals surface area contributed by atoms with E-state index in [2.05, 4.69) is 30.5 Å². The lowest BCUT2D eigenvalue weighted by Crippen LogP contribution is -2.50. The Labute approximate surface area is 259 Å². The lowest BCUT2D eigenvalue weighted by Gasteiger charge is -2.35. The smallest absolute Gasteiger partial charge is 0.410 e. The highest BCUT2D eigenvalue weighted by Crippen LogP contribution is 2.36. The number of amides is 2. The number of hydrogen-bond donors (Lipinski definition) is 3. The third kappa shape index (κ3) is 6.66. The van der Waals surface area contributed by atoms with E-state index < -0.39 is 17.5 Å². The Balaban J connectivity index is 1.25. The summed E-state index contributed by atoms with van der Waals surface area (Å²) in [6.45, 7) is 6.79. The molecular formula is C32H32N8O5. The van der Waals surface area contributed by atoms with Crippen LogP contribution in [0, 0.1) is 0 Å². The fourth-order valence-electron chi connectivity index (χ4n) is 5.50. The molecule has 2 fully saturated rings. The second-order valence-electron chi connectivity index (χ2n) is 11.9.